The summed E-state index contributed by atoms with van der Waals surface area (Å²) in [4.78, 5) is 27.3. The monoisotopic (exact) mass is 405 g/mol. The van der Waals surface area contributed by atoms with Crippen LogP contribution in [-0.4, -0.2) is 36.3 Å². The predicted molar refractivity (Wildman–Crippen MR) is 114 cm³/mol. The molecular weight excluding hydrogens is 378 g/mol. The minimum absolute atomic E-state index is 0.105. The summed E-state index contributed by atoms with van der Waals surface area (Å²) in [6.07, 6.45) is 13.6. The normalized spacial score (nSPS) is 24.1. The first-order valence-electron chi connectivity index (χ1n) is 10.9. The quantitative estimate of drug-likeness (QED) is 0.745. The number of hydrogen-bond donors (Lipinski definition) is 0. The number of furan rings is 1. The number of carbonyl (C=O) groups is 2. The van der Waals surface area contributed by atoms with Crippen LogP contribution in [0, 0.1) is 17.8 Å². The lowest BCUT2D eigenvalue weighted by atomic mass is 9.81. The molecule has 5 heteroatoms. The molecule has 1 amide bonds. The Morgan fingerprint density at radius 2 is 1.97 bits per heavy atom. The first kappa shape index (κ1) is 19.2. The third-order valence-electron chi connectivity index (χ3n) is 6.86. The van der Waals surface area contributed by atoms with Gasteiger partial charge in [0.2, 0.25) is 5.91 Å². The minimum Gasteiger partial charge on any atom is -0.500 e. The predicted octanol–water partition coefficient (Wildman–Crippen LogP) is 4.28. The number of amides is 1. The van der Waals surface area contributed by atoms with Crippen molar-refractivity contribution in [3.63, 3.8) is 0 Å². The summed E-state index contributed by atoms with van der Waals surface area (Å²) in [6, 6.07) is 6.51. The summed E-state index contributed by atoms with van der Waals surface area (Å²) in [5.41, 5.74) is 2.28. The molecule has 5 nitrogen and oxygen atoms in total. The van der Waals surface area contributed by atoms with Crippen LogP contribution in [0.25, 0.3) is 10.8 Å². The standard InChI is InChI=1S/C25H27NO4/c27-24(12-19-5-6-21-14-30-16-23(21)25(19)28)26-9-7-17(8-10-26)1-2-18-3-4-20-13-29-15-22(20)11-18/h3-6,11,13-15,17,19,23H,1-2,7-10,12,16H2. The average Bonchev–Trinajstić information content (AvgIpc) is 3.44. The molecule has 0 bridgehead atoms. The highest BCUT2D eigenvalue weighted by molar-refractivity contribution is 5.93. The van der Waals surface area contributed by atoms with E-state index in [-0.39, 0.29) is 29.9 Å². The molecule has 0 radical (unpaired) electrons. The minimum atomic E-state index is -0.308. The lowest BCUT2D eigenvalue weighted by molar-refractivity contribution is -0.136. The Morgan fingerprint density at radius 3 is 2.83 bits per heavy atom. The summed E-state index contributed by atoms with van der Waals surface area (Å²) in [5.74, 6) is 0.387. The molecule has 1 aromatic heterocycles. The fourth-order valence-electron chi connectivity index (χ4n) is 4.90. The smallest absolute Gasteiger partial charge is 0.223 e. The first-order chi connectivity index (χ1) is 14.7. The van der Waals surface area contributed by atoms with Gasteiger partial charge >= 0.3 is 0 Å². The van der Waals surface area contributed by atoms with Crippen LogP contribution in [0.1, 0.15) is 31.2 Å². The lowest BCUT2D eigenvalue weighted by Gasteiger charge is -2.33. The zero-order chi connectivity index (χ0) is 20.5. The number of nitrogens with zero attached hydrogens (tertiary/aromatic N) is 1. The van der Waals surface area contributed by atoms with Crippen molar-refractivity contribution in [2.24, 2.45) is 17.8 Å². The number of Topliss-reactive ketones (excluding diaryl/α,β-unsaturated/α-hetero) is 1. The molecule has 0 spiro atoms. The number of aryl methyl sites for hydroxylation is 1. The Bertz CT molecular complexity index is 1010. The maximum atomic E-state index is 12.8. The van der Waals surface area contributed by atoms with Crippen molar-refractivity contribution in [3.05, 3.63) is 60.3 Å². The molecule has 1 saturated heterocycles. The molecule has 1 aliphatic carbocycles. The van der Waals surface area contributed by atoms with E-state index in [4.69, 9.17) is 9.15 Å². The Kier molecular flexibility index (Phi) is 5.19. The third-order valence-corrected chi connectivity index (χ3v) is 6.86. The van der Waals surface area contributed by atoms with E-state index in [1.807, 2.05) is 17.1 Å². The first-order valence-corrected chi connectivity index (χ1v) is 10.9. The van der Waals surface area contributed by atoms with E-state index in [2.05, 4.69) is 18.2 Å². The van der Waals surface area contributed by atoms with Gasteiger partial charge in [-0.05, 0) is 43.2 Å². The van der Waals surface area contributed by atoms with E-state index in [1.54, 1.807) is 18.8 Å². The number of carbonyl (C=O) groups excluding carboxylic acids is 2. The molecular formula is C25H27NO4. The molecule has 3 aliphatic rings. The van der Waals surface area contributed by atoms with Crippen molar-refractivity contribution in [3.8, 4) is 0 Å². The van der Waals surface area contributed by atoms with Crippen LogP contribution in [-0.2, 0) is 20.7 Å². The zero-order valence-electron chi connectivity index (χ0n) is 17.1. The maximum Gasteiger partial charge on any atom is 0.223 e. The van der Waals surface area contributed by atoms with E-state index in [1.165, 1.54) is 5.56 Å². The molecule has 156 valence electrons. The third kappa shape index (κ3) is 3.81. The van der Waals surface area contributed by atoms with Gasteiger partial charge in [-0.25, -0.2) is 0 Å². The summed E-state index contributed by atoms with van der Waals surface area (Å²) < 4.78 is 10.5. The summed E-state index contributed by atoms with van der Waals surface area (Å²) >= 11 is 0. The number of rotatable bonds is 5. The van der Waals surface area contributed by atoms with Crippen molar-refractivity contribution in [2.75, 3.05) is 19.7 Å². The largest absolute Gasteiger partial charge is 0.500 e. The molecule has 0 saturated carbocycles. The molecule has 1 fully saturated rings. The molecule has 30 heavy (non-hydrogen) atoms. The van der Waals surface area contributed by atoms with Gasteiger partial charge in [0.05, 0.1) is 24.7 Å². The number of fused-ring (bicyclic) bond motifs is 2. The van der Waals surface area contributed by atoms with E-state index in [9.17, 15) is 9.59 Å². The van der Waals surface area contributed by atoms with Crippen molar-refractivity contribution in [2.45, 2.75) is 32.1 Å². The van der Waals surface area contributed by atoms with Gasteiger partial charge in [-0.2, -0.15) is 0 Å². The van der Waals surface area contributed by atoms with Gasteiger partial charge in [0.25, 0.3) is 0 Å². The van der Waals surface area contributed by atoms with Crippen LogP contribution in [0.4, 0.5) is 0 Å². The van der Waals surface area contributed by atoms with Gasteiger partial charge in [-0.1, -0.05) is 24.3 Å². The van der Waals surface area contributed by atoms with Gasteiger partial charge < -0.3 is 14.1 Å². The molecule has 2 unspecified atom stereocenters. The highest BCUT2D eigenvalue weighted by atomic mass is 16.5. The zero-order valence-corrected chi connectivity index (χ0v) is 17.1. The number of allylic oxidation sites excluding steroid dienone is 2. The summed E-state index contributed by atoms with van der Waals surface area (Å²) in [5, 5.41) is 2.30. The molecule has 2 atom stereocenters. The van der Waals surface area contributed by atoms with Crippen LogP contribution >= 0.6 is 0 Å². The molecule has 3 heterocycles. The van der Waals surface area contributed by atoms with Crippen molar-refractivity contribution < 1.29 is 18.7 Å². The van der Waals surface area contributed by atoms with E-state index in [0.717, 1.165) is 55.1 Å². The number of ketones is 1. The van der Waals surface area contributed by atoms with Gasteiger partial charge in [-0.15, -0.1) is 0 Å². The second kappa shape index (κ2) is 8.13. The molecule has 2 aliphatic heterocycles. The fraction of sp³-hybridized carbons (Fsp3) is 0.440. The number of piperidine rings is 1. The van der Waals surface area contributed by atoms with Crippen LogP contribution in [0.3, 0.4) is 0 Å². The Labute approximate surface area is 176 Å². The number of benzene rings is 1. The number of hydrogen-bond acceptors (Lipinski definition) is 4. The van der Waals surface area contributed by atoms with E-state index < -0.39 is 0 Å². The Hall–Kier alpha value is -2.82. The van der Waals surface area contributed by atoms with Crippen LogP contribution < -0.4 is 0 Å². The number of likely N-dealkylation sites (tertiary alicyclic amines) is 1. The topological polar surface area (TPSA) is 59.8 Å². The molecule has 1 aromatic carbocycles. The second-order valence-electron chi connectivity index (χ2n) is 8.77. The van der Waals surface area contributed by atoms with Crippen LogP contribution in [0.5, 0.6) is 0 Å². The van der Waals surface area contributed by atoms with Crippen molar-refractivity contribution in [1.29, 1.82) is 0 Å². The van der Waals surface area contributed by atoms with E-state index >= 15 is 0 Å². The highest BCUT2D eigenvalue weighted by Crippen LogP contribution is 2.31. The van der Waals surface area contributed by atoms with Gasteiger partial charge in [0.15, 0.2) is 5.78 Å². The molecule has 0 N–H and O–H groups in total. The van der Waals surface area contributed by atoms with Gasteiger partial charge in [-0.3, -0.25) is 9.59 Å². The van der Waals surface area contributed by atoms with Crippen molar-refractivity contribution in [1.82, 2.24) is 4.90 Å². The average molecular weight is 405 g/mol. The fourth-order valence-corrected chi connectivity index (χ4v) is 4.90. The molecule has 2 aromatic rings. The maximum absolute atomic E-state index is 12.8. The molecule has 5 rings (SSSR count). The SMILES string of the molecule is O=C1C(CC(=O)N2CCC(CCc3ccc4cocc4c3)CC2)C=CC2=COCC12. The highest BCUT2D eigenvalue weighted by Gasteiger charge is 2.36. The van der Waals surface area contributed by atoms with Crippen molar-refractivity contribution >= 4 is 22.5 Å². The number of ether oxygens (including phenoxy) is 1. The summed E-state index contributed by atoms with van der Waals surface area (Å²) in [6.45, 7) is 2.02. The Morgan fingerprint density at radius 1 is 1.13 bits per heavy atom. The lowest BCUT2D eigenvalue weighted by Crippen LogP contribution is -2.40. The van der Waals surface area contributed by atoms with Gasteiger partial charge in [0.1, 0.15) is 6.61 Å². The van der Waals surface area contributed by atoms with Gasteiger partial charge in [0, 0.05) is 41.8 Å². The summed E-state index contributed by atoms with van der Waals surface area (Å²) in [7, 11) is 0. The van der Waals surface area contributed by atoms with Crippen LogP contribution in [0.2, 0.25) is 0 Å². The Balaban J connectivity index is 1.09. The second-order valence-corrected chi connectivity index (χ2v) is 8.77. The van der Waals surface area contributed by atoms with Crippen LogP contribution in [0.15, 0.2) is 59.1 Å². The van der Waals surface area contributed by atoms with E-state index in [0.29, 0.717) is 12.5 Å².